The number of benzene rings is 4. The predicted octanol–water partition coefficient (Wildman–Crippen LogP) is 6.80. The summed E-state index contributed by atoms with van der Waals surface area (Å²) in [4.78, 5) is 45.4. The second kappa shape index (κ2) is 8.58. The van der Waals surface area contributed by atoms with E-state index < -0.39 is 29.2 Å². The summed E-state index contributed by atoms with van der Waals surface area (Å²) in [6, 6.07) is 25.2. The number of anilines is 1. The Bertz CT molecular complexity index is 1680. The molecule has 0 aromatic heterocycles. The molecule has 6 heteroatoms. The molecule has 0 amide bonds. The number of rotatable bonds is 3. The fourth-order valence-electron chi connectivity index (χ4n) is 6.76. The minimum absolute atomic E-state index is 0.223. The second-order valence-electron chi connectivity index (χ2n) is 10.2. The molecular weight excluding hydrogens is 513 g/mol. The molecule has 4 nitrogen and oxygen atoms in total. The van der Waals surface area contributed by atoms with E-state index >= 15 is 0 Å². The van der Waals surface area contributed by atoms with Crippen LogP contribution in [0.1, 0.15) is 48.1 Å². The van der Waals surface area contributed by atoms with E-state index in [1.165, 1.54) is 12.1 Å². The number of carbonyl (C=O) groups is 3. The number of nitrogens with zero attached hydrogens (tertiary/aromatic N) is 1. The first-order chi connectivity index (χ1) is 18.9. The zero-order valence-corrected chi connectivity index (χ0v) is 21.3. The number of Topliss-reactive ketones (excluding diaryl/α,β-unsaturated/α-hetero) is 3. The predicted molar refractivity (Wildman–Crippen MR) is 148 cm³/mol. The zero-order chi connectivity index (χ0) is 26.9. The van der Waals surface area contributed by atoms with Gasteiger partial charge in [0.2, 0.25) is 0 Å². The minimum Gasteiger partial charge on any atom is -0.352 e. The van der Waals surface area contributed by atoms with Gasteiger partial charge in [0.05, 0.1) is 6.04 Å². The van der Waals surface area contributed by atoms with Crippen molar-refractivity contribution in [3.8, 4) is 0 Å². The molecule has 1 aliphatic carbocycles. The molecular formula is C33H21ClFNO3. The highest BCUT2D eigenvalue weighted by Gasteiger charge is 2.71. The van der Waals surface area contributed by atoms with Crippen LogP contribution in [0.4, 0.5) is 10.1 Å². The van der Waals surface area contributed by atoms with Crippen molar-refractivity contribution >= 4 is 40.7 Å². The van der Waals surface area contributed by atoms with Crippen LogP contribution in [0.2, 0.25) is 5.02 Å². The Morgan fingerprint density at radius 2 is 1.46 bits per heavy atom. The molecule has 7 rings (SSSR count). The van der Waals surface area contributed by atoms with E-state index in [-0.39, 0.29) is 17.3 Å². The van der Waals surface area contributed by atoms with Crippen LogP contribution in [-0.2, 0) is 0 Å². The highest BCUT2D eigenvalue weighted by molar-refractivity contribution is 6.32. The molecule has 1 fully saturated rings. The van der Waals surface area contributed by atoms with Gasteiger partial charge in [0.1, 0.15) is 17.3 Å². The average Bonchev–Trinajstić information content (AvgIpc) is 3.39. The molecule has 39 heavy (non-hydrogen) atoms. The van der Waals surface area contributed by atoms with Crippen molar-refractivity contribution in [2.75, 3.05) is 4.90 Å². The quantitative estimate of drug-likeness (QED) is 0.215. The number of ketones is 3. The van der Waals surface area contributed by atoms with Gasteiger partial charge in [0.15, 0.2) is 17.3 Å². The van der Waals surface area contributed by atoms with Gasteiger partial charge in [-0.05, 0) is 41.5 Å². The summed E-state index contributed by atoms with van der Waals surface area (Å²) in [5.74, 6) is -2.19. The van der Waals surface area contributed by atoms with E-state index in [2.05, 4.69) is 0 Å². The average molecular weight is 534 g/mol. The highest BCUT2D eigenvalue weighted by Crippen LogP contribution is 2.61. The van der Waals surface area contributed by atoms with Crippen LogP contribution in [-0.4, -0.2) is 29.4 Å². The normalized spacial score (nSPS) is 22.1. The maximum absolute atomic E-state index is 14.5. The maximum Gasteiger partial charge on any atom is 0.185 e. The second-order valence-corrected chi connectivity index (χ2v) is 10.6. The van der Waals surface area contributed by atoms with Crippen molar-refractivity contribution in [3.05, 3.63) is 142 Å². The Kier molecular flexibility index (Phi) is 5.23. The Hall–Kier alpha value is -4.35. The molecule has 0 radical (unpaired) electrons. The van der Waals surface area contributed by atoms with Gasteiger partial charge in [-0.3, -0.25) is 14.4 Å². The summed E-state index contributed by atoms with van der Waals surface area (Å²) in [6.07, 6.45) is 3.71. The summed E-state index contributed by atoms with van der Waals surface area (Å²) >= 11 is 6.32. The molecule has 4 aromatic carbocycles. The summed E-state index contributed by atoms with van der Waals surface area (Å²) in [7, 11) is 0. The van der Waals surface area contributed by atoms with Gasteiger partial charge >= 0.3 is 0 Å². The number of hydrogen-bond acceptors (Lipinski definition) is 4. The monoisotopic (exact) mass is 533 g/mol. The van der Waals surface area contributed by atoms with E-state index in [0.717, 1.165) is 5.56 Å². The SMILES string of the molecule is O=C(c1ccccc1)C1C(c2ccc(F)cc2)C2(C(=O)c3ccccc3C2=O)C2C=Cc3cc(Cl)ccc3N12. The van der Waals surface area contributed by atoms with Gasteiger partial charge in [-0.2, -0.15) is 0 Å². The van der Waals surface area contributed by atoms with Crippen LogP contribution in [0.25, 0.3) is 6.08 Å². The van der Waals surface area contributed by atoms with Gasteiger partial charge in [-0.15, -0.1) is 0 Å². The lowest BCUT2D eigenvalue weighted by Gasteiger charge is -2.37. The van der Waals surface area contributed by atoms with E-state index in [1.54, 1.807) is 72.8 Å². The Morgan fingerprint density at radius 1 is 0.821 bits per heavy atom. The third-order valence-corrected chi connectivity index (χ3v) is 8.56. The fourth-order valence-corrected chi connectivity index (χ4v) is 6.94. The molecule has 3 aliphatic rings. The highest BCUT2D eigenvalue weighted by atomic mass is 35.5. The largest absolute Gasteiger partial charge is 0.352 e. The van der Waals surface area contributed by atoms with Crippen LogP contribution >= 0.6 is 11.6 Å². The van der Waals surface area contributed by atoms with Crippen LogP contribution in [0.15, 0.2) is 103 Å². The lowest BCUT2D eigenvalue weighted by Crippen LogP contribution is -2.48. The third kappa shape index (κ3) is 3.20. The van der Waals surface area contributed by atoms with Crippen LogP contribution in [0.5, 0.6) is 0 Å². The maximum atomic E-state index is 14.5. The van der Waals surface area contributed by atoms with Crippen molar-refractivity contribution in [2.24, 2.45) is 5.41 Å². The van der Waals surface area contributed by atoms with Crippen LogP contribution in [0.3, 0.4) is 0 Å². The Labute approximate surface area is 229 Å². The fraction of sp³-hybridized carbons (Fsp3) is 0.121. The summed E-state index contributed by atoms with van der Waals surface area (Å²) < 4.78 is 14.1. The lowest BCUT2D eigenvalue weighted by molar-refractivity contribution is 0.0666. The van der Waals surface area contributed by atoms with Gasteiger partial charge in [-0.25, -0.2) is 4.39 Å². The van der Waals surface area contributed by atoms with Gasteiger partial charge in [-0.1, -0.05) is 90.5 Å². The molecule has 0 N–H and O–H groups in total. The van der Waals surface area contributed by atoms with Gasteiger partial charge in [0, 0.05) is 33.3 Å². The zero-order valence-electron chi connectivity index (χ0n) is 20.6. The summed E-state index contributed by atoms with van der Waals surface area (Å²) in [5.41, 5.74) is 1.58. The molecule has 2 heterocycles. The van der Waals surface area contributed by atoms with E-state index in [0.29, 0.717) is 33.0 Å². The van der Waals surface area contributed by atoms with Crippen molar-refractivity contribution in [1.29, 1.82) is 0 Å². The Balaban J connectivity index is 1.55. The van der Waals surface area contributed by atoms with Crippen molar-refractivity contribution in [3.63, 3.8) is 0 Å². The smallest absolute Gasteiger partial charge is 0.185 e. The number of fused-ring (bicyclic) bond motifs is 5. The topological polar surface area (TPSA) is 54.5 Å². The number of halogens is 2. The van der Waals surface area contributed by atoms with Crippen LogP contribution < -0.4 is 4.90 Å². The first kappa shape index (κ1) is 23.7. The molecule has 3 atom stereocenters. The van der Waals surface area contributed by atoms with Crippen molar-refractivity contribution < 1.29 is 18.8 Å². The van der Waals surface area contributed by atoms with E-state index in [9.17, 15) is 18.8 Å². The third-order valence-electron chi connectivity index (χ3n) is 8.32. The first-order valence-electron chi connectivity index (χ1n) is 12.7. The van der Waals surface area contributed by atoms with Gasteiger partial charge in [0.25, 0.3) is 0 Å². The summed E-state index contributed by atoms with van der Waals surface area (Å²) in [5, 5.41) is 0.534. The molecule has 4 aromatic rings. The molecule has 1 spiro atoms. The minimum atomic E-state index is -1.62. The molecule has 1 saturated heterocycles. The number of hydrogen-bond donors (Lipinski definition) is 0. The molecule has 3 unspecified atom stereocenters. The van der Waals surface area contributed by atoms with E-state index in [1.807, 2.05) is 29.2 Å². The van der Waals surface area contributed by atoms with Gasteiger partial charge < -0.3 is 4.90 Å². The first-order valence-corrected chi connectivity index (χ1v) is 13.1. The van der Waals surface area contributed by atoms with Crippen LogP contribution in [0, 0.1) is 11.2 Å². The molecule has 2 aliphatic heterocycles. The Morgan fingerprint density at radius 3 is 2.13 bits per heavy atom. The summed E-state index contributed by atoms with van der Waals surface area (Å²) in [6.45, 7) is 0. The molecule has 0 saturated carbocycles. The van der Waals surface area contributed by atoms with E-state index in [4.69, 9.17) is 11.6 Å². The number of carbonyl (C=O) groups excluding carboxylic acids is 3. The standard InChI is InChI=1S/C33H21ClFNO3/c34-22-13-16-26-21(18-22)12-17-27-33(31(38)24-8-4-5-9-25(24)32(33)39)28(19-10-14-23(35)15-11-19)29(36(26)27)30(37)20-6-2-1-3-7-20/h1-18,27-29H. The molecule has 190 valence electrons. The van der Waals surface area contributed by atoms with Crippen molar-refractivity contribution in [2.45, 2.75) is 18.0 Å². The molecule has 0 bridgehead atoms. The van der Waals surface area contributed by atoms with Crippen molar-refractivity contribution in [1.82, 2.24) is 0 Å². The lowest BCUT2D eigenvalue weighted by atomic mass is 9.64.